The average molecular weight is 372 g/mol. The van der Waals surface area contributed by atoms with Gasteiger partial charge in [0, 0.05) is 28.7 Å². The highest BCUT2D eigenvalue weighted by Gasteiger charge is 2.19. The van der Waals surface area contributed by atoms with E-state index in [4.69, 9.17) is 4.52 Å². The van der Waals surface area contributed by atoms with Gasteiger partial charge in [-0.25, -0.2) is 13.4 Å². The molecule has 9 heteroatoms. The van der Waals surface area contributed by atoms with E-state index >= 15 is 0 Å². The summed E-state index contributed by atoms with van der Waals surface area (Å²) in [6.45, 7) is 0. The molecule has 0 saturated carbocycles. The van der Waals surface area contributed by atoms with Crippen molar-refractivity contribution in [3.63, 3.8) is 0 Å². The van der Waals surface area contributed by atoms with Crippen LogP contribution >= 0.6 is 11.3 Å². The van der Waals surface area contributed by atoms with Crippen molar-refractivity contribution in [2.45, 2.75) is 5.75 Å². The number of benzene rings is 1. The molecule has 1 N–H and O–H groups in total. The molecule has 1 aromatic carbocycles. The third-order valence-electron chi connectivity index (χ3n) is 3.48. The molecule has 4 aromatic rings. The Morgan fingerprint density at radius 1 is 1.16 bits per heavy atom. The van der Waals surface area contributed by atoms with Crippen LogP contribution in [0.25, 0.3) is 22.2 Å². The quantitative estimate of drug-likeness (QED) is 0.577. The number of thiazole rings is 1. The van der Waals surface area contributed by atoms with Crippen LogP contribution < -0.4 is 4.72 Å². The molecule has 0 aliphatic heterocycles. The number of nitrogens with one attached hydrogen (secondary N) is 1. The Bertz CT molecular complexity index is 1120. The molecule has 0 amide bonds. The van der Waals surface area contributed by atoms with Gasteiger partial charge in [-0.2, -0.15) is 0 Å². The van der Waals surface area contributed by atoms with Crippen LogP contribution in [-0.2, 0) is 15.8 Å². The highest BCUT2D eigenvalue weighted by atomic mass is 32.2. The van der Waals surface area contributed by atoms with Crippen LogP contribution in [0.3, 0.4) is 0 Å². The Kier molecular flexibility index (Phi) is 3.94. The zero-order valence-corrected chi connectivity index (χ0v) is 14.4. The summed E-state index contributed by atoms with van der Waals surface area (Å²) in [5.74, 6) is -0.286. The Hall–Kier alpha value is -2.78. The van der Waals surface area contributed by atoms with Gasteiger partial charge in [0.1, 0.15) is 11.4 Å². The van der Waals surface area contributed by atoms with Gasteiger partial charge in [-0.05, 0) is 24.3 Å². The summed E-state index contributed by atoms with van der Waals surface area (Å²) in [7, 11) is -3.66. The highest BCUT2D eigenvalue weighted by Crippen LogP contribution is 2.26. The normalized spacial score (nSPS) is 11.7. The fourth-order valence-electron chi connectivity index (χ4n) is 2.36. The van der Waals surface area contributed by atoms with Gasteiger partial charge in [-0.1, -0.05) is 17.3 Å². The van der Waals surface area contributed by atoms with E-state index < -0.39 is 10.0 Å². The summed E-state index contributed by atoms with van der Waals surface area (Å²) in [6, 6.07) is 10.8. The molecule has 0 bridgehead atoms. The molecule has 0 radical (unpaired) electrons. The lowest BCUT2D eigenvalue weighted by Crippen LogP contribution is -2.15. The maximum absolute atomic E-state index is 12.4. The van der Waals surface area contributed by atoms with Crippen molar-refractivity contribution in [1.29, 1.82) is 0 Å². The first-order valence-corrected chi connectivity index (χ1v) is 9.84. The molecule has 25 heavy (non-hydrogen) atoms. The van der Waals surface area contributed by atoms with E-state index in [1.165, 1.54) is 11.3 Å². The van der Waals surface area contributed by atoms with E-state index in [0.29, 0.717) is 27.5 Å². The fraction of sp³-hybridized carbons (Fsp3) is 0.0625. The summed E-state index contributed by atoms with van der Waals surface area (Å²) in [6.07, 6.45) is 3.34. The van der Waals surface area contributed by atoms with Gasteiger partial charge >= 0.3 is 0 Å². The second-order valence-corrected chi connectivity index (χ2v) is 7.85. The lowest BCUT2D eigenvalue weighted by atomic mass is 10.2. The number of hydrogen-bond donors (Lipinski definition) is 1. The van der Waals surface area contributed by atoms with Crippen LogP contribution in [0.15, 0.2) is 58.7 Å². The van der Waals surface area contributed by atoms with E-state index in [9.17, 15) is 8.42 Å². The molecule has 126 valence electrons. The monoisotopic (exact) mass is 372 g/mol. The minimum atomic E-state index is -3.66. The van der Waals surface area contributed by atoms with Gasteiger partial charge in [-0.15, -0.1) is 11.3 Å². The average Bonchev–Trinajstić information content (AvgIpc) is 3.23. The number of para-hydroxylation sites is 1. The van der Waals surface area contributed by atoms with Gasteiger partial charge in [0.15, 0.2) is 10.7 Å². The topological polar surface area (TPSA) is 98.0 Å². The highest BCUT2D eigenvalue weighted by molar-refractivity contribution is 7.92. The molecular weight excluding hydrogens is 360 g/mol. The van der Waals surface area contributed by atoms with Crippen molar-refractivity contribution in [2.75, 3.05) is 4.72 Å². The van der Waals surface area contributed by atoms with E-state index in [-0.39, 0.29) is 5.75 Å². The minimum absolute atomic E-state index is 0.286. The van der Waals surface area contributed by atoms with Crippen LogP contribution in [0.4, 0.5) is 5.13 Å². The number of nitrogens with zero attached hydrogens (tertiary/aromatic N) is 3. The van der Waals surface area contributed by atoms with Crippen molar-refractivity contribution >= 4 is 37.5 Å². The van der Waals surface area contributed by atoms with Crippen molar-refractivity contribution in [1.82, 2.24) is 15.1 Å². The Balaban J connectivity index is 1.55. The van der Waals surface area contributed by atoms with Crippen molar-refractivity contribution in [3.8, 4) is 11.3 Å². The van der Waals surface area contributed by atoms with Gasteiger partial charge in [-0.3, -0.25) is 9.71 Å². The molecule has 0 aliphatic carbocycles. The molecule has 0 atom stereocenters. The zero-order valence-electron chi connectivity index (χ0n) is 12.8. The number of sulfonamides is 1. The summed E-state index contributed by atoms with van der Waals surface area (Å²) in [4.78, 5) is 8.33. The molecule has 7 nitrogen and oxygen atoms in total. The Morgan fingerprint density at radius 2 is 2.04 bits per heavy atom. The summed E-state index contributed by atoms with van der Waals surface area (Å²) >= 11 is 1.21. The lowest BCUT2D eigenvalue weighted by Gasteiger charge is -2.03. The second kappa shape index (κ2) is 6.26. The van der Waals surface area contributed by atoms with E-state index in [2.05, 4.69) is 19.8 Å². The zero-order chi connectivity index (χ0) is 17.3. The largest absolute Gasteiger partial charge is 0.356 e. The number of rotatable bonds is 5. The van der Waals surface area contributed by atoms with E-state index in [1.807, 2.05) is 12.1 Å². The van der Waals surface area contributed by atoms with Crippen LogP contribution in [0.2, 0.25) is 0 Å². The standard InChI is InChI=1S/C16H12N4O3S2/c21-25(22,10-14-12-5-1-2-6-15(12)23-19-14)20-16-18-13(9-24-16)11-4-3-7-17-8-11/h1-9H,10H2,(H,18,20). The number of pyridine rings is 1. The van der Waals surface area contributed by atoms with Gasteiger partial charge in [0.05, 0.1) is 5.69 Å². The van der Waals surface area contributed by atoms with Gasteiger partial charge in [0.2, 0.25) is 10.0 Å². The number of fused-ring (bicyclic) bond motifs is 1. The van der Waals surface area contributed by atoms with Gasteiger partial charge < -0.3 is 4.52 Å². The predicted molar refractivity (Wildman–Crippen MR) is 95.6 cm³/mol. The van der Waals surface area contributed by atoms with Crippen molar-refractivity contribution < 1.29 is 12.9 Å². The molecule has 3 heterocycles. The summed E-state index contributed by atoms with van der Waals surface area (Å²) < 4.78 is 32.5. The maximum atomic E-state index is 12.4. The molecule has 3 aromatic heterocycles. The molecule has 0 aliphatic rings. The SMILES string of the molecule is O=S(=O)(Cc1noc2ccccc12)Nc1nc(-c2cccnc2)cs1. The molecule has 0 unspecified atom stereocenters. The molecule has 4 rings (SSSR count). The third-order valence-corrected chi connectivity index (χ3v) is 5.53. The van der Waals surface area contributed by atoms with Crippen LogP contribution in [-0.4, -0.2) is 23.5 Å². The Labute approximate surface area is 147 Å². The van der Waals surface area contributed by atoms with Crippen molar-refractivity contribution in [3.05, 3.63) is 59.9 Å². The smallest absolute Gasteiger partial charge is 0.240 e. The first kappa shape index (κ1) is 15.7. The third kappa shape index (κ3) is 3.37. The molecule has 0 fully saturated rings. The molecule has 0 spiro atoms. The fourth-order valence-corrected chi connectivity index (χ4v) is 4.45. The number of anilines is 1. The number of aromatic nitrogens is 3. The number of hydrogen-bond acceptors (Lipinski definition) is 7. The lowest BCUT2D eigenvalue weighted by molar-refractivity contribution is 0.448. The first-order chi connectivity index (χ1) is 12.1. The minimum Gasteiger partial charge on any atom is -0.356 e. The van der Waals surface area contributed by atoms with Crippen LogP contribution in [0, 0.1) is 0 Å². The second-order valence-electron chi connectivity index (χ2n) is 5.27. The van der Waals surface area contributed by atoms with Gasteiger partial charge in [0.25, 0.3) is 0 Å². The maximum Gasteiger partial charge on any atom is 0.240 e. The van der Waals surface area contributed by atoms with Crippen molar-refractivity contribution in [2.24, 2.45) is 0 Å². The first-order valence-electron chi connectivity index (χ1n) is 7.30. The Morgan fingerprint density at radius 3 is 2.88 bits per heavy atom. The summed E-state index contributed by atoms with van der Waals surface area (Å²) in [5.41, 5.74) is 2.42. The van der Waals surface area contributed by atoms with Crippen LogP contribution in [0.5, 0.6) is 0 Å². The predicted octanol–water partition coefficient (Wildman–Crippen LogP) is 3.29. The van der Waals surface area contributed by atoms with Crippen LogP contribution in [0.1, 0.15) is 5.69 Å². The molecular formula is C16H12N4O3S2. The van der Waals surface area contributed by atoms with E-state index in [0.717, 1.165) is 5.56 Å². The molecule has 0 saturated heterocycles. The summed E-state index contributed by atoms with van der Waals surface area (Å²) in [5, 5.41) is 6.61. The van der Waals surface area contributed by atoms with E-state index in [1.54, 1.807) is 42.0 Å².